The van der Waals surface area contributed by atoms with Gasteiger partial charge in [-0.3, -0.25) is 4.79 Å². The van der Waals surface area contributed by atoms with E-state index in [1.165, 1.54) is 0 Å². The van der Waals surface area contributed by atoms with Crippen LogP contribution in [0.1, 0.15) is 27.2 Å². The summed E-state index contributed by atoms with van der Waals surface area (Å²) in [5.74, 6) is -1.02. The fourth-order valence-electron chi connectivity index (χ4n) is 1.20. The summed E-state index contributed by atoms with van der Waals surface area (Å²) in [5.41, 5.74) is 0.577. The third-order valence-electron chi connectivity index (χ3n) is 2.39. The lowest BCUT2D eigenvalue weighted by Gasteiger charge is -2.17. The van der Waals surface area contributed by atoms with E-state index in [4.69, 9.17) is 5.11 Å². The first-order valence-corrected chi connectivity index (χ1v) is 6.40. The summed E-state index contributed by atoms with van der Waals surface area (Å²) < 4.78 is 0. The molecule has 0 unspecified atom stereocenters. The molecule has 0 spiro atoms. The molecule has 2 N–H and O–H groups in total. The molecule has 110 valence electrons. The van der Waals surface area contributed by atoms with Gasteiger partial charge in [0.1, 0.15) is 0 Å². The van der Waals surface area contributed by atoms with E-state index in [1.54, 1.807) is 6.92 Å². The number of carbonyl (C=O) groups excluding carboxylic acids is 1. The van der Waals surface area contributed by atoms with E-state index in [-0.39, 0.29) is 5.91 Å². The lowest BCUT2D eigenvalue weighted by atomic mass is 10.3. The monoisotopic (exact) mass is 270 g/mol. The predicted molar refractivity (Wildman–Crippen MR) is 78.1 cm³/mol. The number of hydrogen-bond acceptors (Lipinski definition) is 3. The largest absolute Gasteiger partial charge is 0.478 e. The summed E-state index contributed by atoms with van der Waals surface area (Å²) in [5, 5.41) is 10.4. The fourth-order valence-corrected chi connectivity index (χ4v) is 1.20. The van der Waals surface area contributed by atoms with Gasteiger partial charge >= 0.3 is 5.97 Å². The first-order valence-electron chi connectivity index (χ1n) is 6.40. The molecule has 0 aromatic heterocycles. The fraction of sp³-hybridized carbons (Fsp3) is 0.571. The number of nitrogens with zero attached hydrogens (tertiary/aromatic N) is 1. The van der Waals surface area contributed by atoms with Crippen LogP contribution < -0.4 is 5.32 Å². The predicted octanol–water partition coefficient (Wildman–Crippen LogP) is 1.67. The Bertz CT molecular complexity index is 297. The summed E-state index contributed by atoms with van der Waals surface area (Å²) in [6.07, 6.45) is 1.83. The maximum absolute atomic E-state index is 11.1. The van der Waals surface area contributed by atoms with Crippen LogP contribution in [-0.2, 0) is 9.59 Å². The van der Waals surface area contributed by atoms with E-state index >= 15 is 0 Å². The molecule has 0 bridgehead atoms. The molecule has 0 saturated carbocycles. The maximum Gasteiger partial charge on any atom is 0.327 e. The van der Waals surface area contributed by atoms with Crippen molar-refractivity contribution in [3.63, 3.8) is 0 Å². The van der Waals surface area contributed by atoms with Crippen LogP contribution in [0.2, 0.25) is 0 Å². The Morgan fingerprint density at radius 2 is 1.79 bits per heavy atom. The highest BCUT2D eigenvalue weighted by atomic mass is 16.4. The Labute approximate surface area is 116 Å². The highest BCUT2D eigenvalue weighted by Gasteiger charge is 2.01. The molecule has 0 atom stereocenters. The van der Waals surface area contributed by atoms with Crippen molar-refractivity contribution in [3.05, 3.63) is 24.8 Å². The Morgan fingerprint density at radius 1 is 1.32 bits per heavy atom. The standard InChI is InChI=1S/C11H22N2O.C3H4O2/c1-5-13(6-2)9-7-8-12-11(14)10(3)4;1-2-3(4)5/h3,5-9H2,1-2,4H3,(H,12,14);2H,1H2,(H,4,5). The number of aliphatic carboxylic acids is 1. The zero-order valence-corrected chi connectivity index (χ0v) is 12.2. The van der Waals surface area contributed by atoms with Gasteiger partial charge < -0.3 is 15.3 Å². The number of carbonyl (C=O) groups is 2. The van der Waals surface area contributed by atoms with Crippen LogP contribution >= 0.6 is 0 Å². The number of amides is 1. The van der Waals surface area contributed by atoms with Crippen molar-refractivity contribution in [2.24, 2.45) is 0 Å². The molecule has 0 heterocycles. The van der Waals surface area contributed by atoms with E-state index < -0.39 is 5.97 Å². The Kier molecular flexibility index (Phi) is 13.3. The number of rotatable bonds is 8. The third-order valence-corrected chi connectivity index (χ3v) is 2.39. The van der Waals surface area contributed by atoms with Gasteiger partial charge in [-0.2, -0.15) is 0 Å². The van der Waals surface area contributed by atoms with Crippen LogP contribution in [0, 0.1) is 0 Å². The van der Waals surface area contributed by atoms with E-state index in [9.17, 15) is 9.59 Å². The molecule has 0 saturated heterocycles. The van der Waals surface area contributed by atoms with Gasteiger partial charge in [0.2, 0.25) is 5.91 Å². The molecular weight excluding hydrogens is 244 g/mol. The van der Waals surface area contributed by atoms with Crippen molar-refractivity contribution >= 4 is 11.9 Å². The SMILES string of the molecule is C=C(C)C(=O)NCCCN(CC)CC.C=CC(=O)O. The topological polar surface area (TPSA) is 69.6 Å². The van der Waals surface area contributed by atoms with Crippen LogP contribution in [0.15, 0.2) is 24.8 Å². The molecule has 0 fully saturated rings. The van der Waals surface area contributed by atoms with Gasteiger partial charge in [-0.05, 0) is 33.0 Å². The first-order chi connectivity index (χ1) is 8.88. The summed E-state index contributed by atoms with van der Waals surface area (Å²) in [4.78, 5) is 22.7. The molecule has 0 aliphatic carbocycles. The number of carboxylic acids is 1. The molecule has 19 heavy (non-hydrogen) atoms. The molecule has 0 aliphatic heterocycles. The molecule has 0 radical (unpaired) electrons. The first kappa shape index (κ1) is 19.7. The van der Waals surface area contributed by atoms with Gasteiger partial charge in [0, 0.05) is 18.2 Å². The second kappa shape index (κ2) is 12.8. The second-order valence-corrected chi connectivity index (χ2v) is 3.96. The van der Waals surface area contributed by atoms with E-state index in [0.29, 0.717) is 5.57 Å². The molecule has 5 heteroatoms. The number of carboxylic acid groups (broad SMARTS) is 1. The molecule has 1 amide bonds. The van der Waals surface area contributed by atoms with Gasteiger partial charge in [0.05, 0.1) is 0 Å². The van der Waals surface area contributed by atoms with Gasteiger partial charge in [0.25, 0.3) is 0 Å². The minimum Gasteiger partial charge on any atom is -0.478 e. The van der Waals surface area contributed by atoms with Gasteiger partial charge in [-0.1, -0.05) is 27.0 Å². The maximum atomic E-state index is 11.1. The molecule has 0 aromatic carbocycles. The molecule has 5 nitrogen and oxygen atoms in total. The van der Waals surface area contributed by atoms with E-state index in [2.05, 4.69) is 37.2 Å². The molecule has 0 aliphatic rings. The van der Waals surface area contributed by atoms with Gasteiger partial charge in [-0.25, -0.2) is 4.79 Å². The number of hydrogen-bond donors (Lipinski definition) is 2. The number of nitrogens with one attached hydrogen (secondary N) is 1. The van der Waals surface area contributed by atoms with Crippen molar-refractivity contribution in [2.75, 3.05) is 26.2 Å². The van der Waals surface area contributed by atoms with Gasteiger partial charge in [-0.15, -0.1) is 0 Å². The summed E-state index contributed by atoms with van der Waals surface area (Å²) in [6.45, 7) is 16.5. The van der Waals surface area contributed by atoms with Crippen LogP contribution in [0.5, 0.6) is 0 Å². The quantitative estimate of drug-likeness (QED) is 0.520. The van der Waals surface area contributed by atoms with Gasteiger partial charge in [0.15, 0.2) is 0 Å². The van der Waals surface area contributed by atoms with Crippen LogP contribution in [0.4, 0.5) is 0 Å². The Hall–Kier alpha value is -1.62. The molecular formula is C14H26N2O3. The minimum absolute atomic E-state index is 0.0375. The summed E-state index contributed by atoms with van der Waals surface area (Å²) in [7, 11) is 0. The third kappa shape index (κ3) is 14.3. The summed E-state index contributed by atoms with van der Waals surface area (Å²) >= 11 is 0. The lowest BCUT2D eigenvalue weighted by Crippen LogP contribution is -2.30. The molecule has 0 rings (SSSR count). The van der Waals surface area contributed by atoms with Crippen molar-refractivity contribution in [3.8, 4) is 0 Å². The van der Waals surface area contributed by atoms with Crippen LogP contribution in [0.3, 0.4) is 0 Å². The van der Waals surface area contributed by atoms with Crippen molar-refractivity contribution < 1.29 is 14.7 Å². The highest BCUT2D eigenvalue weighted by molar-refractivity contribution is 5.91. The highest BCUT2D eigenvalue weighted by Crippen LogP contribution is 1.90. The Balaban J connectivity index is 0. The van der Waals surface area contributed by atoms with E-state index in [1.807, 2.05) is 0 Å². The van der Waals surface area contributed by atoms with Crippen LogP contribution in [-0.4, -0.2) is 48.1 Å². The minimum atomic E-state index is -0.981. The zero-order valence-electron chi connectivity index (χ0n) is 12.2. The van der Waals surface area contributed by atoms with Crippen molar-refractivity contribution in [1.29, 1.82) is 0 Å². The smallest absolute Gasteiger partial charge is 0.327 e. The van der Waals surface area contributed by atoms with E-state index in [0.717, 1.165) is 38.7 Å². The summed E-state index contributed by atoms with van der Waals surface area (Å²) in [6, 6.07) is 0. The Morgan fingerprint density at radius 3 is 2.11 bits per heavy atom. The lowest BCUT2D eigenvalue weighted by molar-refractivity contribution is -0.131. The second-order valence-electron chi connectivity index (χ2n) is 3.96. The normalized spacial score (nSPS) is 9.26. The van der Waals surface area contributed by atoms with Crippen molar-refractivity contribution in [1.82, 2.24) is 10.2 Å². The average molecular weight is 270 g/mol. The molecule has 0 aromatic rings. The van der Waals surface area contributed by atoms with Crippen LogP contribution in [0.25, 0.3) is 0 Å². The average Bonchev–Trinajstić information content (AvgIpc) is 2.39. The zero-order chi connectivity index (χ0) is 15.3. The van der Waals surface area contributed by atoms with Crippen molar-refractivity contribution in [2.45, 2.75) is 27.2 Å².